The number of rotatable bonds is 8. The largest absolute Gasteiger partial charge is 0.493 e. The highest BCUT2D eigenvalue weighted by atomic mass is 16.7. The maximum atomic E-state index is 5.91. The summed E-state index contributed by atoms with van der Waals surface area (Å²) in [6.45, 7) is 5.15. The fourth-order valence-electron chi connectivity index (χ4n) is 3.66. The molecule has 0 N–H and O–H groups in total. The molecule has 0 radical (unpaired) electrons. The molecule has 6 nitrogen and oxygen atoms in total. The van der Waals surface area contributed by atoms with Gasteiger partial charge in [0.1, 0.15) is 0 Å². The average Bonchev–Trinajstić information content (AvgIpc) is 3.03. The first-order valence-corrected chi connectivity index (χ1v) is 9.15. The number of fused-ring (bicyclic) bond motifs is 1. The zero-order chi connectivity index (χ0) is 20.3. The van der Waals surface area contributed by atoms with E-state index in [-0.39, 0.29) is 6.79 Å². The topological polar surface area (TPSA) is 51.1 Å². The second kappa shape index (κ2) is 8.44. The fraction of sp³-hybridized carbons (Fsp3) is 0.364. The third-order valence-electron chi connectivity index (χ3n) is 4.91. The molecule has 28 heavy (non-hydrogen) atoms. The fourth-order valence-corrected chi connectivity index (χ4v) is 3.66. The summed E-state index contributed by atoms with van der Waals surface area (Å²) in [5, 5.41) is 1.11. The van der Waals surface area contributed by atoms with E-state index in [2.05, 4.69) is 24.5 Å². The highest BCUT2D eigenvalue weighted by Crippen LogP contribution is 2.43. The van der Waals surface area contributed by atoms with E-state index in [1.807, 2.05) is 24.3 Å². The Morgan fingerprint density at radius 3 is 2.14 bits per heavy atom. The summed E-state index contributed by atoms with van der Waals surface area (Å²) in [5.41, 5.74) is 4.30. The minimum atomic E-state index is 0.148. The van der Waals surface area contributed by atoms with Crippen LogP contribution in [-0.4, -0.2) is 39.8 Å². The molecule has 0 aliphatic rings. The highest BCUT2D eigenvalue weighted by Gasteiger charge is 2.22. The van der Waals surface area contributed by atoms with Crippen LogP contribution in [0, 0.1) is 6.92 Å². The number of hydrogen-bond donors (Lipinski definition) is 0. The van der Waals surface area contributed by atoms with Crippen LogP contribution in [0.3, 0.4) is 0 Å². The summed E-state index contributed by atoms with van der Waals surface area (Å²) in [5.74, 6) is 2.75. The van der Waals surface area contributed by atoms with Crippen molar-refractivity contribution in [3.05, 3.63) is 35.9 Å². The van der Waals surface area contributed by atoms with Gasteiger partial charge in [0, 0.05) is 24.6 Å². The highest BCUT2D eigenvalue weighted by molar-refractivity contribution is 5.97. The van der Waals surface area contributed by atoms with Crippen LogP contribution in [-0.2, 0) is 11.3 Å². The molecule has 6 heteroatoms. The van der Waals surface area contributed by atoms with Gasteiger partial charge in [0.05, 0.1) is 32.5 Å². The van der Waals surface area contributed by atoms with Crippen molar-refractivity contribution in [3.63, 3.8) is 0 Å². The molecular weight excluding hydrogens is 358 g/mol. The van der Waals surface area contributed by atoms with Crippen molar-refractivity contribution >= 4 is 10.9 Å². The van der Waals surface area contributed by atoms with Gasteiger partial charge in [0.2, 0.25) is 0 Å². The zero-order valence-electron chi connectivity index (χ0n) is 17.3. The molecule has 1 aromatic heterocycles. The van der Waals surface area contributed by atoms with Crippen LogP contribution >= 0.6 is 0 Å². The molecule has 0 saturated heterocycles. The minimum absolute atomic E-state index is 0.148. The van der Waals surface area contributed by atoms with Crippen molar-refractivity contribution in [2.24, 2.45) is 0 Å². The molecule has 0 aliphatic heterocycles. The third kappa shape index (κ3) is 3.24. The maximum Gasteiger partial charge on any atom is 0.189 e. The summed E-state index contributed by atoms with van der Waals surface area (Å²) in [6.07, 6.45) is 0. The Bertz CT molecular complexity index is 977. The lowest BCUT2D eigenvalue weighted by Gasteiger charge is -2.15. The Hall–Kier alpha value is -2.86. The SMILES string of the molecule is CCn1c(-c2ccc(OC)c(OC)c2)c(C)c2ccc(OC)c(OCOC)c21. The van der Waals surface area contributed by atoms with Gasteiger partial charge in [-0.15, -0.1) is 0 Å². The smallest absolute Gasteiger partial charge is 0.189 e. The Morgan fingerprint density at radius 1 is 0.857 bits per heavy atom. The molecule has 3 aromatic rings. The Morgan fingerprint density at radius 2 is 1.54 bits per heavy atom. The van der Waals surface area contributed by atoms with Crippen LogP contribution in [0.15, 0.2) is 30.3 Å². The van der Waals surface area contributed by atoms with Crippen molar-refractivity contribution in [2.75, 3.05) is 35.2 Å². The van der Waals surface area contributed by atoms with E-state index < -0.39 is 0 Å². The first-order valence-electron chi connectivity index (χ1n) is 9.15. The molecule has 0 unspecified atom stereocenters. The maximum absolute atomic E-state index is 5.91. The van der Waals surface area contributed by atoms with Gasteiger partial charge in [-0.25, -0.2) is 0 Å². The second-order valence-corrected chi connectivity index (χ2v) is 6.33. The van der Waals surface area contributed by atoms with Crippen molar-refractivity contribution < 1.29 is 23.7 Å². The van der Waals surface area contributed by atoms with Crippen LogP contribution in [0.25, 0.3) is 22.2 Å². The van der Waals surface area contributed by atoms with Crippen molar-refractivity contribution in [2.45, 2.75) is 20.4 Å². The molecule has 0 fully saturated rings. The number of methoxy groups -OCH3 is 4. The molecule has 0 amide bonds. The molecule has 0 spiro atoms. The summed E-state index contributed by atoms with van der Waals surface area (Å²) >= 11 is 0. The molecule has 0 saturated carbocycles. The Labute approximate surface area is 165 Å². The van der Waals surface area contributed by atoms with Crippen molar-refractivity contribution in [3.8, 4) is 34.3 Å². The van der Waals surface area contributed by atoms with Crippen molar-refractivity contribution in [1.82, 2.24) is 4.57 Å². The van der Waals surface area contributed by atoms with E-state index in [0.29, 0.717) is 23.0 Å². The predicted octanol–water partition coefficient (Wildman–Crippen LogP) is 4.65. The lowest BCUT2D eigenvalue weighted by Crippen LogP contribution is -2.04. The first kappa shape index (κ1) is 19.9. The number of aromatic nitrogens is 1. The van der Waals surface area contributed by atoms with Crippen LogP contribution < -0.4 is 18.9 Å². The first-order chi connectivity index (χ1) is 13.6. The molecule has 0 aliphatic carbocycles. The van der Waals surface area contributed by atoms with E-state index in [4.69, 9.17) is 23.7 Å². The standard InChI is InChI=1S/C22H27NO5/c1-7-23-20(15-8-10-17(25-4)19(12-15)27-6)14(2)16-9-11-18(26-5)22(21(16)23)28-13-24-3/h8-12H,7,13H2,1-6H3. The van der Waals surface area contributed by atoms with Gasteiger partial charge in [-0.05, 0) is 49.7 Å². The van der Waals surface area contributed by atoms with Gasteiger partial charge < -0.3 is 28.3 Å². The summed E-state index contributed by atoms with van der Waals surface area (Å²) in [6, 6.07) is 9.97. The van der Waals surface area contributed by atoms with Crippen LogP contribution in [0.1, 0.15) is 12.5 Å². The number of ether oxygens (including phenoxy) is 5. The van der Waals surface area contributed by atoms with Gasteiger partial charge in [-0.1, -0.05) is 0 Å². The number of aryl methyl sites for hydroxylation is 2. The molecule has 3 rings (SSSR count). The molecule has 2 aromatic carbocycles. The second-order valence-electron chi connectivity index (χ2n) is 6.33. The monoisotopic (exact) mass is 385 g/mol. The van der Waals surface area contributed by atoms with E-state index in [1.165, 1.54) is 0 Å². The predicted molar refractivity (Wildman–Crippen MR) is 110 cm³/mol. The zero-order valence-corrected chi connectivity index (χ0v) is 17.3. The summed E-state index contributed by atoms with van der Waals surface area (Å²) in [4.78, 5) is 0. The number of benzene rings is 2. The number of hydrogen-bond acceptors (Lipinski definition) is 5. The molecular formula is C22H27NO5. The Kier molecular flexibility index (Phi) is 5.99. The van der Waals surface area contributed by atoms with E-state index in [1.54, 1.807) is 28.4 Å². The summed E-state index contributed by atoms with van der Waals surface area (Å²) in [7, 11) is 6.52. The molecule has 1 heterocycles. The molecule has 150 valence electrons. The lowest BCUT2D eigenvalue weighted by molar-refractivity contribution is 0.0500. The van der Waals surface area contributed by atoms with E-state index in [9.17, 15) is 0 Å². The van der Waals surface area contributed by atoms with Crippen LogP contribution in [0.2, 0.25) is 0 Å². The van der Waals surface area contributed by atoms with Crippen LogP contribution in [0.5, 0.6) is 23.0 Å². The van der Waals surface area contributed by atoms with E-state index >= 15 is 0 Å². The van der Waals surface area contributed by atoms with Gasteiger partial charge in [0.25, 0.3) is 0 Å². The molecule has 0 atom stereocenters. The number of nitrogens with zero attached hydrogens (tertiary/aromatic N) is 1. The Balaban J connectivity index is 2.31. The van der Waals surface area contributed by atoms with Gasteiger partial charge in [-0.3, -0.25) is 0 Å². The minimum Gasteiger partial charge on any atom is -0.493 e. The van der Waals surface area contributed by atoms with Crippen molar-refractivity contribution in [1.29, 1.82) is 0 Å². The van der Waals surface area contributed by atoms with Gasteiger partial charge in [0.15, 0.2) is 29.8 Å². The normalized spacial score (nSPS) is 10.9. The summed E-state index contributed by atoms with van der Waals surface area (Å²) < 4.78 is 29.7. The van der Waals surface area contributed by atoms with Gasteiger partial charge >= 0.3 is 0 Å². The van der Waals surface area contributed by atoms with Crippen LogP contribution in [0.4, 0.5) is 0 Å². The third-order valence-corrected chi connectivity index (χ3v) is 4.91. The van der Waals surface area contributed by atoms with E-state index in [0.717, 1.165) is 34.3 Å². The lowest BCUT2D eigenvalue weighted by atomic mass is 10.1. The molecule has 0 bridgehead atoms. The quantitative estimate of drug-likeness (QED) is 0.529. The average molecular weight is 385 g/mol. The van der Waals surface area contributed by atoms with Gasteiger partial charge in [-0.2, -0.15) is 0 Å².